The topological polar surface area (TPSA) is 39.4 Å². The number of ketones is 1. The molecule has 0 N–H and O–H groups in total. The number of Topliss-reactive ketones (excluding diaryl/α,β-unsaturated/α-hetero) is 1. The first-order valence-electron chi connectivity index (χ1n) is 6.41. The minimum absolute atomic E-state index is 0.106. The number of methoxy groups -OCH3 is 1. The molecule has 2 rings (SSSR count). The van der Waals surface area contributed by atoms with Crippen LogP contribution in [0.25, 0.3) is 11.0 Å². The first-order valence-corrected chi connectivity index (χ1v) is 6.41. The van der Waals surface area contributed by atoms with Gasteiger partial charge in [0.25, 0.3) is 0 Å². The smallest absolute Gasteiger partial charge is 0.227 e. The third kappa shape index (κ3) is 2.56. The molecule has 1 unspecified atom stereocenters. The van der Waals surface area contributed by atoms with Crippen LogP contribution in [-0.2, 0) is 4.74 Å². The Morgan fingerprint density at radius 2 is 2.00 bits per heavy atom. The number of para-hydroxylation sites is 1. The Morgan fingerprint density at radius 1 is 1.32 bits per heavy atom. The van der Waals surface area contributed by atoms with Crippen molar-refractivity contribution in [3.8, 4) is 0 Å². The Hall–Kier alpha value is -1.61. The summed E-state index contributed by atoms with van der Waals surface area (Å²) in [5, 5.41) is 0.951. The monoisotopic (exact) mass is 260 g/mol. The van der Waals surface area contributed by atoms with Crippen LogP contribution in [0.5, 0.6) is 0 Å². The molecule has 102 valence electrons. The maximum absolute atomic E-state index is 12.5. The summed E-state index contributed by atoms with van der Waals surface area (Å²) in [4.78, 5) is 12.5. The summed E-state index contributed by atoms with van der Waals surface area (Å²) in [6.45, 7) is 7.91. The van der Waals surface area contributed by atoms with Crippen molar-refractivity contribution in [3.05, 3.63) is 35.6 Å². The summed E-state index contributed by atoms with van der Waals surface area (Å²) in [5.41, 5.74) is 1.54. The van der Waals surface area contributed by atoms with Gasteiger partial charge in [-0.3, -0.25) is 4.79 Å². The number of aryl methyl sites for hydroxylation is 1. The van der Waals surface area contributed by atoms with Crippen LogP contribution in [0, 0.1) is 12.3 Å². The zero-order chi connectivity index (χ0) is 14.2. The number of benzene rings is 1. The zero-order valence-corrected chi connectivity index (χ0v) is 12.1. The molecule has 0 aliphatic carbocycles. The zero-order valence-electron chi connectivity index (χ0n) is 12.1. The second-order valence-corrected chi connectivity index (χ2v) is 5.95. The van der Waals surface area contributed by atoms with E-state index in [2.05, 4.69) is 0 Å². The van der Waals surface area contributed by atoms with Crippen molar-refractivity contribution < 1.29 is 13.9 Å². The Kier molecular flexibility index (Phi) is 3.50. The lowest BCUT2D eigenvalue weighted by Gasteiger charge is -2.27. The van der Waals surface area contributed by atoms with Crippen LogP contribution < -0.4 is 0 Å². The molecule has 1 aromatic carbocycles. The molecule has 0 aliphatic rings. The van der Waals surface area contributed by atoms with Crippen molar-refractivity contribution in [2.75, 3.05) is 7.11 Å². The van der Waals surface area contributed by atoms with Crippen molar-refractivity contribution in [2.24, 2.45) is 5.41 Å². The summed E-state index contributed by atoms with van der Waals surface area (Å²) in [7, 11) is 1.56. The van der Waals surface area contributed by atoms with Crippen LogP contribution in [0.15, 0.2) is 28.7 Å². The van der Waals surface area contributed by atoms with Gasteiger partial charge < -0.3 is 9.15 Å². The van der Waals surface area contributed by atoms with Gasteiger partial charge in [-0.2, -0.15) is 0 Å². The summed E-state index contributed by atoms with van der Waals surface area (Å²) >= 11 is 0. The lowest BCUT2D eigenvalue weighted by Crippen LogP contribution is -2.36. The number of ether oxygens (including phenoxy) is 1. The Labute approximate surface area is 113 Å². The fraction of sp³-hybridized carbons (Fsp3) is 0.438. The van der Waals surface area contributed by atoms with Gasteiger partial charge in [-0.25, -0.2) is 0 Å². The van der Waals surface area contributed by atoms with Gasteiger partial charge in [0, 0.05) is 12.5 Å². The van der Waals surface area contributed by atoms with E-state index in [0.29, 0.717) is 5.76 Å². The van der Waals surface area contributed by atoms with Gasteiger partial charge in [-0.05, 0) is 24.0 Å². The lowest BCUT2D eigenvalue weighted by atomic mass is 9.86. The Balaban J connectivity index is 2.44. The first-order chi connectivity index (χ1) is 8.84. The molecule has 3 nitrogen and oxygen atoms in total. The minimum Gasteiger partial charge on any atom is -0.453 e. The molecule has 0 saturated heterocycles. The van der Waals surface area contributed by atoms with E-state index in [4.69, 9.17) is 9.15 Å². The Morgan fingerprint density at radius 3 is 2.53 bits per heavy atom. The quantitative estimate of drug-likeness (QED) is 0.783. The Bertz CT molecular complexity index is 602. The second kappa shape index (κ2) is 4.82. The third-order valence-electron chi connectivity index (χ3n) is 3.24. The molecule has 0 bridgehead atoms. The molecular formula is C16H20O3. The van der Waals surface area contributed by atoms with Crippen molar-refractivity contribution >= 4 is 16.8 Å². The van der Waals surface area contributed by atoms with E-state index in [0.717, 1.165) is 16.5 Å². The summed E-state index contributed by atoms with van der Waals surface area (Å²) in [5.74, 6) is 0.261. The maximum Gasteiger partial charge on any atom is 0.227 e. The summed E-state index contributed by atoms with van der Waals surface area (Å²) in [6.07, 6.45) is -0.506. The van der Waals surface area contributed by atoms with E-state index >= 15 is 0 Å². The molecule has 0 radical (unpaired) electrons. The van der Waals surface area contributed by atoms with Gasteiger partial charge >= 0.3 is 0 Å². The molecule has 0 aliphatic heterocycles. The van der Waals surface area contributed by atoms with E-state index in [-0.39, 0.29) is 11.2 Å². The molecule has 0 fully saturated rings. The largest absolute Gasteiger partial charge is 0.453 e. The van der Waals surface area contributed by atoms with Crippen molar-refractivity contribution in [3.63, 3.8) is 0 Å². The predicted octanol–water partition coefficient (Wildman–Crippen LogP) is 3.99. The molecule has 1 atom stereocenters. The first kappa shape index (κ1) is 13.8. The van der Waals surface area contributed by atoms with Crippen LogP contribution in [0.3, 0.4) is 0 Å². The van der Waals surface area contributed by atoms with E-state index in [1.54, 1.807) is 13.2 Å². The fourth-order valence-corrected chi connectivity index (χ4v) is 2.31. The fourth-order valence-electron chi connectivity index (χ4n) is 2.31. The number of rotatable bonds is 3. The maximum atomic E-state index is 12.5. The molecule has 0 spiro atoms. The lowest BCUT2D eigenvalue weighted by molar-refractivity contribution is 0.0176. The number of fused-ring (bicyclic) bond motifs is 1. The van der Waals surface area contributed by atoms with Crippen molar-refractivity contribution in [1.82, 2.24) is 0 Å². The third-order valence-corrected chi connectivity index (χ3v) is 3.24. The van der Waals surface area contributed by atoms with Crippen LogP contribution in [-0.4, -0.2) is 19.0 Å². The van der Waals surface area contributed by atoms with Crippen LogP contribution in [0.1, 0.15) is 36.9 Å². The summed E-state index contributed by atoms with van der Waals surface area (Å²) in [6, 6.07) is 7.67. The highest BCUT2D eigenvalue weighted by molar-refractivity contribution is 6.01. The number of hydrogen-bond donors (Lipinski definition) is 0. The van der Waals surface area contributed by atoms with Crippen molar-refractivity contribution in [2.45, 2.75) is 33.8 Å². The highest BCUT2D eigenvalue weighted by Crippen LogP contribution is 2.28. The molecule has 0 amide bonds. The molecule has 1 heterocycles. The SMILES string of the molecule is COC(C(=O)c1cc2cccc(C)c2o1)C(C)(C)C. The van der Waals surface area contributed by atoms with E-state index in [1.807, 2.05) is 45.9 Å². The van der Waals surface area contributed by atoms with E-state index < -0.39 is 6.10 Å². The normalized spacial score (nSPS) is 13.7. The minimum atomic E-state index is -0.506. The van der Waals surface area contributed by atoms with Crippen LogP contribution in [0.2, 0.25) is 0 Å². The van der Waals surface area contributed by atoms with Crippen LogP contribution in [0.4, 0.5) is 0 Å². The molecule has 0 saturated carbocycles. The van der Waals surface area contributed by atoms with Crippen LogP contribution >= 0.6 is 0 Å². The average molecular weight is 260 g/mol. The van der Waals surface area contributed by atoms with Gasteiger partial charge in [-0.15, -0.1) is 0 Å². The van der Waals surface area contributed by atoms with Gasteiger partial charge in [-0.1, -0.05) is 39.0 Å². The van der Waals surface area contributed by atoms with Gasteiger partial charge in [0.2, 0.25) is 5.78 Å². The summed E-state index contributed by atoms with van der Waals surface area (Å²) < 4.78 is 11.1. The highest BCUT2D eigenvalue weighted by atomic mass is 16.5. The average Bonchev–Trinajstić information content (AvgIpc) is 2.73. The number of carbonyl (C=O) groups is 1. The number of furan rings is 1. The van der Waals surface area contributed by atoms with E-state index in [9.17, 15) is 4.79 Å². The predicted molar refractivity (Wildman–Crippen MR) is 75.5 cm³/mol. The standard InChI is InChI=1S/C16H20O3/c1-10-7-6-8-11-9-12(19-14(10)11)13(17)15(18-5)16(2,3)4/h6-9,15H,1-5H3. The molecule has 19 heavy (non-hydrogen) atoms. The van der Waals surface area contributed by atoms with E-state index in [1.165, 1.54) is 0 Å². The molecule has 1 aromatic heterocycles. The highest BCUT2D eigenvalue weighted by Gasteiger charge is 2.33. The number of hydrogen-bond acceptors (Lipinski definition) is 3. The van der Waals surface area contributed by atoms with Crippen molar-refractivity contribution in [1.29, 1.82) is 0 Å². The van der Waals surface area contributed by atoms with Gasteiger partial charge in [0.05, 0.1) is 0 Å². The van der Waals surface area contributed by atoms with Gasteiger partial charge in [0.15, 0.2) is 5.76 Å². The molecule has 3 heteroatoms. The molecular weight excluding hydrogens is 240 g/mol. The van der Waals surface area contributed by atoms with Gasteiger partial charge in [0.1, 0.15) is 11.7 Å². The molecule has 2 aromatic rings. The number of carbonyl (C=O) groups excluding carboxylic acids is 1. The second-order valence-electron chi connectivity index (χ2n) is 5.95.